The van der Waals surface area contributed by atoms with E-state index in [1.807, 2.05) is 6.92 Å². The average Bonchev–Trinajstić information content (AvgIpc) is 2.46. The quantitative estimate of drug-likeness (QED) is 0.837. The minimum Gasteiger partial charge on any atom is -0.383 e. The first kappa shape index (κ1) is 13.0. The zero-order chi connectivity index (χ0) is 12.3. The molecule has 16 heavy (non-hydrogen) atoms. The Balaban J connectivity index is 2.88. The number of nitrogens with one attached hydrogen (secondary N) is 1. The maximum absolute atomic E-state index is 5.12. The highest BCUT2D eigenvalue weighted by Crippen LogP contribution is 2.22. The van der Waals surface area contributed by atoms with Crippen molar-refractivity contribution in [2.24, 2.45) is 0 Å². The van der Waals surface area contributed by atoms with Gasteiger partial charge < -0.3 is 10.1 Å². The van der Waals surface area contributed by atoms with E-state index in [1.165, 1.54) is 5.69 Å². The van der Waals surface area contributed by atoms with Crippen molar-refractivity contribution >= 4 is 5.69 Å². The molecule has 0 aliphatic heterocycles. The molecule has 1 N–H and O–H groups in total. The van der Waals surface area contributed by atoms with Crippen molar-refractivity contribution < 1.29 is 4.74 Å². The molecule has 0 bridgehead atoms. The van der Waals surface area contributed by atoms with Crippen LogP contribution in [0, 0.1) is 13.8 Å². The minimum atomic E-state index is 0.298. The predicted molar refractivity (Wildman–Crippen MR) is 67.0 cm³/mol. The molecule has 0 aliphatic carbocycles. The van der Waals surface area contributed by atoms with Gasteiger partial charge in [-0.05, 0) is 34.6 Å². The summed E-state index contributed by atoms with van der Waals surface area (Å²) >= 11 is 0. The van der Waals surface area contributed by atoms with E-state index in [0.717, 1.165) is 11.4 Å². The predicted octanol–water partition coefficient (Wildman–Crippen LogP) is 2.53. The van der Waals surface area contributed by atoms with Crippen molar-refractivity contribution in [3.05, 3.63) is 11.4 Å². The molecule has 4 nitrogen and oxygen atoms in total. The van der Waals surface area contributed by atoms with Crippen molar-refractivity contribution in [1.82, 2.24) is 9.78 Å². The maximum Gasteiger partial charge on any atom is 0.0828 e. The smallest absolute Gasteiger partial charge is 0.0828 e. The van der Waals surface area contributed by atoms with Crippen LogP contribution in [-0.2, 0) is 4.74 Å². The molecule has 1 unspecified atom stereocenters. The van der Waals surface area contributed by atoms with Gasteiger partial charge in [-0.1, -0.05) is 0 Å². The molecule has 1 rings (SSSR count). The third-order valence-corrected chi connectivity index (χ3v) is 2.62. The molecule has 0 fully saturated rings. The van der Waals surface area contributed by atoms with E-state index in [2.05, 4.69) is 42.8 Å². The summed E-state index contributed by atoms with van der Waals surface area (Å²) < 4.78 is 7.17. The molecule has 0 radical (unpaired) electrons. The van der Waals surface area contributed by atoms with Gasteiger partial charge in [0, 0.05) is 19.2 Å². The van der Waals surface area contributed by atoms with Crippen LogP contribution in [0.25, 0.3) is 0 Å². The van der Waals surface area contributed by atoms with E-state index in [9.17, 15) is 0 Å². The number of hydrogen-bond acceptors (Lipinski definition) is 3. The van der Waals surface area contributed by atoms with Crippen molar-refractivity contribution in [3.63, 3.8) is 0 Å². The maximum atomic E-state index is 5.12. The Bertz CT molecular complexity index is 344. The average molecular weight is 225 g/mol. The van der Waals surface area contributed by atoms with Crippen LogP contribution in [0.15, 0.2) is 0 Å². The summed E-state index contributed by atoms with van der Waals surface area (Å²) in [5, 5.41) is 7.98. The lowest BCUT2D eigenvalue weighted by Crippen LogP contribution is -2.21. The Kier molecular flexibility index (Phi) is 4.35. The molecule has 0 saturated carbocycles. The van der Waals surface area contributed by atoms with Crippen LogP contribution in [0.1, 0.15) is 38.2 Å². The van der Waals surface area contributed by atoms with Crippen molar-refractivity contribution in [1.29, 1.82) is 0 Å². The fourth-order valence-electron chi connectivity index (χ4n) is 1.91. The summed E-state index contributed by atoms with van der Waals surface area (Å²) in [4.78, 5) is 0. The van der Waals surface area contributed by atoms with E-state index < -0.39 is 0 Å². The highest BCUT2D eigenvalue weighted by Gasteiger charge is 2.14. The molecule has 4 heteroatoms. The zero-order valence-corrected chi connectivity index (χ0v) is 11.2. The Hall–Kier alpha value is -1.03. The molecule has 1 atom stereocenters. The number of nitrogens with zero attached hydrogens (tertiary/aromatic N) is 2. The Labute approximate surface area is 98.0 Å². The fraction of sp³-hybridized carbons (Fsp3) is 0.750. The SMILES string of the molecule is COCC(C)Nc1c(C)nn(C(C)C)c1C. The largest absolute Gasteiger partial charge is 0.383 e. The third-order valence-electron chi connectivity index (χ3n) is 2.62. The van der Waals surface area contributed by atoms with E-state index >= 15 is 0 Å². The van der Waals surface area contributed by atoms with Gasteiger partial charge in [0.15, 0.2) is 0 Å². The van der Waals surface area contributed by atoms with Crippen molar-refractivity contribution in [2.45, 2.75) is 46.7 Å². The number of aryl methyl sites for hydroxylation is 1. The lowest BCUT2D eigenvalue weighted by molar-refractivity contribution is 0.190. The summed E-state index contributed by atoms with van der Waals surface area (Å²) in [5.74, 6) is 0. The Morgan fingerprint density at radius 2 is 1.94 bits per heavy atom. The third kappa shape index (κ3) is 2.76. The molecule has 0 aromatic carbocycles. The van der Waals surface area contributed by atoms with Gasteiger partial charge in [0.05, 0.1) is 23.7 Å². The first-order valence-electron chi connectivity index (χ1n) is 5.78. The second-order valence-corrected chi connectivity index (χ2v) is 4.58. The highest BCUT2D eigenvalue weighted by atomic mass is 16.5. The van der Waals surface area contributed by atoms with Gasteiger partial charge in [-0.25, -0.2) is 0 Å². The molecular weight excluding hydrogens is 202 g/mol. The zero-order valence-electron chi connectivity index (χ0n) is 11.2. The van der Waals surface area contributed by atoms with Gasteiger partial charge in [0.1, 0.15) is 0 Å². The van der Waals surface area contributed by atoms with Gasteiger partial charge in [0.2, 0.25) is 0 Å². The minimum absolute atomic E-state index is 0.298. The number of rotatable bonds is 5. The number of methoxy groups -OCH3 is 1. The lowest BCUT2D eigenvalue weighted by Gasteiger charge is -2.15. The number of aromatic nitrogens is 2. The summed E-state index contributed by atoms with van der Waals surface area (Å²) in [6.07, 6.45) is 0. The van der Waals surface area contributed by atoms with Gasteiger partial charge >= 0.3 is 0 Å². The van der Waals surface area contributed by atoms with Crippen LogP contribution >= 0.6 is 0 Å². The molecule has 0 spiro atoms. The monoisotopic (exact) mass is 225 g/mol. The molecule has 1 heterocycles. The Morgan fingerprint density at radius 1 is 1.31 bits per heavy atom. The van der Waals surface area contributed by atoms with Crippen molar-refractivity contribution in [2.75, 3.05) is 19.0 Å². The number of ether oxygens (including phenoxy) is 1. The van der Waals surface area contributed by atoms with E-state index in [0.29, 0.717) is 18.7 Å². The molecule has 92 valence electrons. The van der Waals surface area contributed by atoms with E-state index in [-0.39, 0.29) is 0 Å². The van der Waals surface area contributed by atoms with Gasteiger partial charge in [-0.15, -0.1) is 0 Å². The van der Waals surface area contributed by atoms with Crippen molar-refractivity contribution in [3.8, 4) is 0 Å². The summed E-state index contributed by atoms with van der Waals surface area (Å²) in [6, 6.07) is 0.694. The molecular formula is C12H23N3O. The molecule has 0 amide bonds. The topological polar surface area (TPSA) is 39.1 Å². The van der Waals surface area contributed by atoms with Crippen LogP contribution in [0.5, 0.6) is 0 Å². The second-order valence-electron chi connectivity index (χ2n) is 4.58. The standard InChI is InChI=1S/C12H23N3O/c1-8(2)15-11(5)12(10(4)14-15)13-9(3)7-16-6/h8-9,13H,7H2,1-6H3. The Morgan fingerprint density at radius 3 is 2.38 bits per heavy atom. The normalized spacial score (nSPS) is 13.2. The van der Waals surface area contributed by atoms with Gasteiger partial charge in [0.25, 0.3) is 0 Å². The lowest BCUT2D eigenvalue weighted by atomic mass is 10.2. The van der Waals surface area contributed by atoms with Gasteiger partial charge in [-0.3, -0.25) is 4.68 Å². The highest BCUT2D eigenvalue weighted by molar-refractivity contribution is 5.52. The molecule has 1 aromatic heterocycles. The van der Waals surface area contributed by atoms with Crippen LogP contribution in [0.4, 0.5) is 5.69 Å². The van der Waals surface area contributed by atoms with E-state index in [1.54, 1.807) is 7.11 Å². The van der Waals surface area contributed by atoms with Crippen LogP contribution in [-0.4, -0.2) is 29.5 Å². The van der Waals surface area contributed by atoms with Crippen LogP contribution < -0.4 is 5.32 Å². The summed E-state index contributed by atoms with van der Waals surface area (Å²) in [5.41, 5.74) is 3.38. The van der Waals surface area contributed by atoms with Gasteiger partial charge in [-0.2, -0.15) is 5.10 Å². The second kappa shape index (κ2) is 5.34. The number of hydrogen-bond donors (Lipinski definition) is 1. The molecule has 0 saturated heterocycles. The molecule has 1 aromatic rings. The summed E-state index contributed by atoms with van der Waals surface area (Å²) in [7, 11) is 1.72. The van der Waals surface area contributed by atoms with Crippen LogP contribution in [0.2, 0.25) is 0 Å². The van der Waals surface area contributed by atoms with E-state index in [4.69, 9.17) is 4.74 Å². The molecule has 0 aliphatic rings. The first-order chi connectivity index (χ1) is 7.47. The fourth-order valence-corrected chi connectivity index (χ4v) is 1.91. The first-order valence-corrected chi connectivity index (χ1v) is 5.78. The van der Waals surface area contributed by atoms with Crippen LogP contribution in [0.3, 0.4) is 0 Å². The summed E-state index contributed by atoms with van der Waals surface area (Å²) in [6.45, 7) is 11.2. The number of anilines is 1.